The number of nitrogens with one attached hydrogen (secondary N) is 1. The number of amides is 4. The normalized spacial score (nSPS) is 20.1. The van der Waals surface area contributed by atoms with Crippen LogP contribution in [0.15, 0.2) is 18.2 Å². The van der Waals surface area contributed by atoms with Crippen LogP contribution in [-0.4, -0.2) is 46.3 Å². The Hall–Kier alpha value is -1.79. The fourth-order valence-corrected chi connectivity index (χ4v) is 3.90. The fourth-order valence-electron chi connectivity index (χ4n) is 3.31. The van der Waals surface area contributed by atoms with Gasteiger partial charge in [-0.25, -0.2) is 4.79 Å². The SMILES string of the molecule is CC(C)N(C(=O)CN1C(=O)N[C@@](C)(c2ccc(Cl)cc2Cl)C1=O)C(C)C. The predicted octanol–water partition coefficient (Wildman–Crippen LogP) is 3.41. The third-order valence-corrected chi connectivity index (χ3v) is 4.99. The number of halogens is 2. The van der Waals surface area contributed by atoms with Crippen molar-refractivity contribution < 1.29 is 14.4 Å². The van der Waals surface area contributed by atoms with Gasteiger partial charge in [0.25, 0.3) is 5.91 Å². The fraction of sp³-hybridized carbons (Fsp3) is 0.500. The van der Waals surface area contributed by atoms with Crippen LogP contribution in [0.1, 0.15) is 40.2 Å². The Kier molecular flexibility index (Phi) is 5.88. The number of benzene rings is 1. The molecule has 0 radical (unpaired) electrons. The van der Waals surface area contributed by atoms with Gasteiger partial charge in [0.2, 0.25) is 5.91 Å². The van der Waals surface area contributed by atoms with E-state index in [2.05, 4.69) is 5.32 Å². The second-order valence-electron chi connectivity index (χ2n) is 7.06. The lowest BCUT2D eigenvalue weighted by molar-refractivity contribution is -0.141. The first-order valence-corrected chi connectivity index (χ1v) is 9.15. The molecule has 4 amide bonds. The second kappa shape index (κ2) is 7.45. The van der Waals surface area contributed by atoms with E-state index in [1.807, 2.05) is 27.7 Å². The Morgan fingerprint density at radius 2 is 1.77 bits per heavy atom. The lowest BCUT2D eigenvalue weighted by Gasteiger charge is -2.32. The molecule has 1 saturated heterocycles. The maximum atomic E-state index is 13.0. The summed E-state index contributed by atoms with van der Waals surface area (Å²) < 4.78 is 0. The third kappa shape index (κ3) is 3.67. The van der Waals surface area contributed by atoms with Crippen LogP contribution < -0.4 is 5.32 Å². The van der Waals surface area contributed by atoms with E-state index in [-0.39, 0.29) is 29.6 Å². The van der Waals surface area contributed by atoms with E-state index < -0.39 is 17.5 Å². The van der Waals surface area contributed by atoms with Crippen molar-refractivity contribution in [2.45, 2.75) is 52.2 Å². The Morgan fingerprint density at radius 3 is 2.27 bits per heavy atom. The summed E-state index contributed by atoms with van der Waals surface area (Å²) in [4.78, 5) is 40.6. The van der Waals surface area contributed by atoms with Gasteiger partial charge in [0.15, 0.2) is 0 Å². The maximum Gasteiger partial charge on any atom is 0.325 e. The van der Waals surface area contributed by atoms with Gasteiger partial charge < -0.3 is 10.2 Å². The zero-order chi connectivity index (χ0) is 19.8. The summed E-state index contributed by atoms with van der Waals surface area (Å²) in [5, 5.41) is 3.35. The lowest BCUT2D eigenvalue weighted by Crippen LogP contribution is -2.49. The zero-order valence-electron chi connectivity index (χ0n) is 15.5. The van der Waals surface area contributed by atoms with Crippen LogP contribution in [0.4, 0.5) is 4.79 Å². The van der Waals surface area contributed by atoms with Gasteiger partial charge in [0.1, 0.15) is 12.1 Å². The highest BCUT2D eigenvalue weighted by Crippen LogP contribution is 2.35. The van der Waals surface area contributed by atoms with Crippen LogP contribution in [0, 0.1) is 0 Å². The molecular formula is C18H23Cl2N3O3. The van der Waals surface area contributed by atoms with Crippen molar-refractivity contribution in [3.8, 4) is 0 Å². The summed E-state index contributed by atoms with van der Waals surface area (Å²) in [6.07, 6.45) is 0. The number of imide groups is 1. The highest BCUT2D eigenvalue weighted by molar-refractivity contribution is 6.35. The maximum absolute atomic E-state index is 13.0. The molecule has 1 N–H and O–H groups in total. The van der Waals surface area contributed by atoms with Crippen molar-refractivity contribution in [3.05, 3.63) is 33.8 Å². The van der Waals surface area contributed by atoms with E-state index in [4.69, 9.17) is 23.2 Å². The standard InChI is InChI=1S/C18H23Cl2N3O3/c1-10(2)23(11(3)4)15(24)9-22-16(25)18(5,21-17(22)26)13-7-6-12(19)8-14(13)20/h6-8,10-11H,9H2,1-5H3,(H,21,26)/t18-/m0/s1. The average molecular weight is 400 g/mol. The Bertz CT molecular complexity index is 743. The van der Waals surface area contributed by atoms with Crippen LogP contribution in [-0.2, 0) is 15.1 Å². The largest absolute Gasteiger partial charge is 0.336 e. The number of urea groups is 1. The van der Waals surface area contributed by atoms with Gasteiger partial charge in [-0.3, -0.25) is 14.5 Å². The molecular weight excluding hydrogens is 377 g/mol. The molecule has 1 aromatic rings. The topological polar surface area (TPSA) is 69.7 Å². The Morgan fingerprint density at radius 1 is 1.19 bits per heavy atom. The van der Waals surface area contributed by atoms with E-state index >= 15 is 0 Å². The molecule has 0 aliphatic carbocycles. The molecule has 1 aliphatic heterocycles. The number of carbonyl (C=O) groups is 3. The van der Waals surface area contributed by atoms with Crippen LogP contribution in [0.25, 0.3) is 0 Å². The van der Waals surface area contributed by atoms with E-state index in [1.54, 1.807) is 24.0 Å². The number of nitrogens with zero attached hydrogens (tertiary/aromatic N) is 2. The molecule has 0 unspecified atom stereocenters. The average Bonchev–Trinajstić information content (AvgIpc) is 2.70. The van der Waals surface area contributed by atoms with Crippen molar-refractivity contribution in [2.24, 2.45) is 0 Å². The summed E-state index contributed by atoms with van der Waals surface area (Å²) in [6.45, 7) is 8.81. The van der Waals surface area contributed by atoms with E-state index in [9.17, 15) is 14.4 Å². The Labute approximate surface area is 163 Å². The van der Waals surface area contributed by atoms with Gasteiger partial charge in [-0.15, -0.1) is 0 Å². The number of hydrogen-bond acceptors (Lipinski definition) is 3. The van der Waals surface area contributed by atoms with Crippen molar-refractivity contribution in [3.63, 3.8) is 0 Å². The minimum Gasteiger partial charge on any atom is -0.336 e. The first-order valence-electron chi connectivity index (χ1n) is 8.39. The molecule has 0 saturated carbocycles. The van der Waals surface area contributed by atoms with Gasteiger partial charge >= 0.3 is 6.03 Å². The number of hydrogen-bond donors (Lipinski definition) is 1. The van der Waals surface area contributed by atoms with E-state index in [1.165, 1.54) is 6.07 Å². The minimum atomic E-state index is -1.35. The van der Waals surface area contributed by atoms with Gasteiger partial charge in [-0.2, -0.15) is 0 Å². The third-order valence-electron chi connectivity index (χ3n) is 4.44. The summed E-state index contributed by atoms with van der Waals surface area (Å²) >= 11 is 12.1. The first kappa shape index (κ1) is 20.5. The summed E-state index contributed by atoms with van der Waals surface area (Å²) in [5.74, 6) is -0.808. The number of rotatable bonds is 5. The minimum absolute atomic E-state index is 0.0413. The molecule has 142 valence electrons. The van der Waals surface area contributed by atoms with Gasteiger partial charge in [0, 0.05) is 27.7 Å². The predicted molar refractivity (Wildman–Crippen MR) is 101 cm³/mol. The molecule has 6 nitrogen and oxygen atoms in total. The van der Waals surface area contributed by atoms with Gasteiger partial charge in [-0.1, -0.05) is 29.3 Å². The molecule has 2 rings (SSSR count). The lowest BCUT2D eigenvalue weighted by atomic mass is 9.92. The van der Waals surface area contributed by atoms with Gasteiger partial charge in [-0.05, 0) is 46.8 Å². The monoisotopic (exact) mass is 399 g/mol. The van der Waals surface area contributed by atoms with Crippen LogP contribution >= 0.6 is 23.2 Å². The van der Waals surface area contributed by atoms with Crippen LogP contribution in [0.2, 0.25) is 10.0 Å². The summed E-state index contributed by atoms with van der Waals surface area (Å²) in [7, 11) is 0. The Balaban J connectivity index is 2.30. The quantitative estimate of drug-likeness (QED) is 0.771. The van der Waals surface area contributed by atoms with Gasteiger partial charge in [0.05, 0.1) is 0 Å². The van der Waals surface area contributed by atoms with Crippen molar-refractivity contribution in [2.75, 3.05) is 6.54 Å². The molecule has 1 atom stereocenters. The van der Waals surface area contributed by atoms with E-state index in [0.29, 0.717) is 10.6 Å². The molecule has 1 fully saturated rings. The molecule has 1 aliphatic rings. The summed E-state index contributed by atoms with van der Waals surface area (Å²) in [6, 6.07) is 4.00. The van der Waals surface area contributed by atoms with Crippen LogP contribution in [0.3, 0.4) is 0 Å². The molecule has 8 heteroatoms. The molecule has 0 bridgehead atoms. The van der Waals surface area contributed by atoms with Crippen molar-refractivity contribution >= 4 is 41.0 Å². The van der Waals surface area contributed by atoms with E-state index in [0.717, 1.165) is 4.90 Å². The second-order valence-corrected chi connectivity index (χ2v) is 7.90. The summed E-state index contributed by atoms with van der Waals surface area (Å²) in [5.41, 5.74) is -0.916. The molecule has 0 aromatic heterocycles. The highest BCUT2D eigenvalue weighted by Gasteiger charge is 2.50. The van der Waals surface area contributed by atoms with Crippen LogP contribution in [0.5, 0.6) is 0 Å². The van der Waals surface area contributed by atoms with Crippen molar-refractivity contribution in [1.29, 1.82) is 0 Å². The molecule has 1 aromatic carbocycles. The molecule has 0 spiro atoms. The van der Waals surface area contributed by atoms with Crippen molar-refractivity contribution in [1.82, 2.24) is 15.1 Å². The molecule has 26 heavy (non-hydrogen) atoms. The molecule has 1 heterocycles. The zero-order valence-corrected chi connectivity index (χ0v) is 17.0. The highest BCUT2D eigenvalue weighted by atomic mass is 35.5. The first-order chi connectivity index (χ1) is 12.0. The smallest absolute Gasteiger partial charge is 0.325 e. The number of carbonyl (C=O) groups excluding carboxylic acids is 3.